The van der Waals surface area contributed by atoms with Gasteiger partial charge in [-0.15, -0.1) is 0 Å². The zero-order chi connectivity index (χ0) is 8.06. The summed E-state index contributed by atoms with van der Waals surface area (Å²) in [5.74, 6) is 3.08. The SMILES string of the molecule is CC(C)[C@@]1(C)CC2CCC1C2. The highest BCUT2D eigenvalue weighted by Crippen LogP contribution is 2.58. The largest absolute Gasteiger partial charge is 0.0622 e. The molecular weight excluding hydrogens is 132 g/mol. The van der Waals surface area contributed by atoms with Gasteiger partial charge in [-0.2, -0.15) is 0 Å². The van der Waals surface area contributed by atoms with Gasteiger partial charge in [0.2, 0.25) is 0 Å². The lowest BCUT2D eigenvalue weighted by atomic mass is 9.68. The Morgan fingerprint density at radius 3 is 2.27 bits per heavy atom. The van der Waals surface area contributed by atoms with Crippen LogP contribution in [0.1, 0.15) is 46.5 Å². The fraction of sp³-hybridized carbons (Fsp3) is 1.00. The van der Waals surface area contributed by atoms with Crippen LogP contribution in [0.5, 0.6) is 0 Å². The minimum atomic E-state index is 0.711. The quantitative estimate of drug-likeness (QED) is 0.539. The maximum absolute atomic E-state index is 2.52. The van der Waals surface area contributed by atoms with E-state index in [-0.39, 0.29) is 0 Å². The molecule has 2 aliphatic carbocycles. The Morgan fingerprint density at radius 2 is 2.00 bits per heavy atom. The van der Waals surface area contributed by atoms with Crippen molar-refractivity contribution in [2.45, 2.75) is 46.5 Å². The number of rotatable bonds is 1. The van der Waals surface area contributed by atoms with E-state index in [1.54, 1.807) is 6.42 Å². The molecule has 0 saturated heterocycles. The van der Waals surface area contributed by atoms with Crippen molar-refractivity contribution in [3.05, 3.63) is 0 Å². The molecule has 0 aromatic heterocycles. The van der Waals surface area contributed by atoms with E-state index in [1.807, 2.05) is 0 Å². The molecule has 2 fully saturated rings. The van der Waals surface area contributed by atoms with Gasteiger partial charge >= 0.3 is 0 Å². The van der Waals surface area contributed by atoms with E-state index >= 15 is 0 Å². The Labute approximate surface area is 70.4 Å². The second-order valence-electron chi connectivity index (χ2n) is 5.24. The van der Waals surface area contributed by atoms with Gasteiger partial charge in [0.15, 0.2) is 0 Å². The summed E-state index contributed by atoms with van der Waals surface area (Å²) in [6.45, 7) is 7.32. The highest BCUT2D eigenvalue weighted by Gasteiger charge is 2.48. The minimum Gasteiger partial charge on any atom is -0.0622 e. The fourth-order valence-electron chi connectivity index (χ4n) is 3.36. The van der Waals surface area contributed by atoms with Crippen LogP contribution in [0.4, 0.5) is 0 Å². The molecule has 2 unspecified atom stereocenters. The molecule has 0 spiro atoms. The molecular formula is C11H20. The Morgan fingerprint density at radius 1 is 1.27 bits per heavy atom. The van der Waals surface area contributed by atoms with Crippen LogP contribution >= 0.6 is 0 Å². The first-order chi connectivity index (χ1) is 5.13. The summed E-state index contributed by atoms with van der Waals surface area (Å²) in [5, 5.41) is 0. The molecule has 0 aromatic carbocycles. The average Bonchev–Trinajstić information content (AvgIpc) is 2.45. The van der Waals surface area contributed by atoms with Crippen molar-refractivity contribution < 1.29 is 0 Å². The number of hydrogen-bond donors (Lipinski definition) is 0. The zero-order valence-electron chi connectivity index (χ0n) is 8.06. The zero-order valence-corrected chi connectivity index (χ0v) is 8.06. The van der Waals surface area contributed by atoms with E-state index in [2.05, 4.69) is 20.8 Å². The molecule has 3 atom stereocenters. The van der Waals surface area contributed by atoms with Gasteiger partial charge in [-0.25, -0.2) is 0 Å². The second kappa shape index (κ2) is 2.24. The van der Waals surface area contributed by atoms with Crippen molar-refractivity contribution in [3.8, 4) is 0 Å². The maximum atomic E-state index is 2.52. The van der Waals surface area contributed by atoms with E-state index < -0.39 is 0 Å². The molecule has 0 aliphatic heterocycles. The highest BCUT2D eigenvalue weighted by atomic mass is 14.5. The van der Waals surface area contributed by atoms with Crippen LogP contribution < -0.4 is 0 Å². The van der Waals surface area contributed by atoms with Gasteiger partial charge in [0.1, 0.15) is 0 Å². The van der Waals surface area contributed by atoms with E-state index in [0.29, 0.717) is 5.41 Å². The first kappa shape index (κ1) is 7.64. The highest BCUT2D eigenvalue weighted by molar-refractivity contribution is 4.99. The predicted octanol–water partition coefficient (Wildman–Crippen LogP) is 3.47. The number of fused-ring (bicyclic) bond motifs is 2. The number of hydrogen-bond acceptors (Lipinski definition) is 0. The van der Waals surface area contributed by atoms with Gasteiger partial charge in [0.05, 0.1) is 0 Å². The monoisotopic (exact) mass is 152 g/mol. The van der Waals surface area contributed by atoms with Gasteiger partial charge < -0.3 is 0 Å². The molecule has 0 amide bonds. The fourth-order valence-corrected chi connectivity index (χ4v) is 3.36. The molecule has 0 nitrogen and oxygen atoms in total. The topological polar surface area (TPSA) is 0 Å². The second-order valence-corrected chi connectivity index (χ2v) is 5.24. The third-order valence-electron chi connectivity index (χ3n) is 4.52. The van der Waals surface area contributed by atoms with Crippen molar-refractivity contribution in [1.29, 1.82) is 0 Å². The van der Waals surface area contributed by atoms with Crippen molar-refractivity contribution in [3.63, 3.8) is 0 Å². The van der Waals surface area contributed by atoms with Gasteiger partial charge in [0.25, 0.3) is 0 Å². The van der Waals surface area contributed by atoms with Crippen LogP contribution in [0, 0.1) is 23.2 Å². The van der Waals surface area contributed by atoms with Crippen LogP contribution in [0.3, 0.4) is 0 Å². The summed E-state index contributed by atoms with van der Waals surface area (Å²) >= 11 is 0. The molecule has 2 rings (SSSR count). The van der Waals surface area contributed by atoms with Crippen LogP contribution in [-0.2, 0) is 0 Å². The molecule has 64 valence electrons. The van der Waals surface area contributed by atoms with Crippen LogP contribution in [0.25, 0.3) is 0 Å². The van der Waals surface area contributed by atoms with E-state index in [1.165, 1.54) is 19.3 Å². The van der Waals surface area contributed by atoms with Gasteiger partial charge in [-0.05, 0) is 42.4 Å². The van der Waals surface area contributed by atoms with E-state index in [0.717, 1.165) is 17.8 Å². The normalized spacial score (nSPS) is 49.1. The Hall–Kier alpha value is 0. The Balaban J connectivity index is 2.16. The smallest absolute Gasteiger partial charge is 0.0272 e. The van der Waals surface area contributed by atoms with Crippen LogP contribution in [-0.4, -0.2) is 0 Å². The van der Waals surface area contributed by atoms with Gasteiger partial charge in [-0.1, -0.05) is 27.2 Å². The first-order valence-electron chi connectivity index (χ1n) is 5.13. The van der Waals surface area contributed by atoms with Gasteiger partial charge in [-0.3, -0.25) is 0 Å². The lowest BCUT2D eigenvalue weighted by Gasteiger charge is -2.38. The molecule has 2 bridgehead atoms. The van der Waals surface area contributed by atoms with Crippen molar-refractivity contribution in [2.75, 3.05) is 0 Å². The summed E-state index contributed by atoms with van der Waals surface area (Å²) < 4.78 is 0. The lowest BCUT2D eigenvalue weighted by molar-refractivity contribution is 0.119. The molecule has 0 aromatic rings. The molecule has 0 N–H and O–H groups in total. The van der Waals surface area contributed by atoms with Crippen molar-refractivity contribution >= 4 is 0 Å². The van der Waals surface area contributed by atoms with Crippen LogP contribution in [0.2, 0.25) is 0 Å². The van der Waals surface area contributed by atoms with Crippen LogP contribution in [0.15, 0.2) is 0 Å². The van der Waals surface area contributed by atoms with Gasteiger partial charge in [0, 0.05) is 0 Å². The van der Waals surface area contributed by atoms with E-state index in [9.17, 15) is 0 Å². The minimum absolute atomic E-state index is 0.711. The maximum Gasteiger partial charge on any atom is -0.0272 e. The third kappa shape index (κ3) is 0.947. The molecule has 2 aliphatic rings. The molecule has 0 heterocycles. The summed E-state index contributed by atoms with van der Waals surface area (Å²) in [5.41, 5.74) is 0.711. The standard InChI is InChI=1S/C11H20/c1-8(2)11(3)7-9-4-5-10(11)6-9/h8-10H,4-7H2,1-3H3/t9?,10?,11-/m1/s1. The summed E-state index contributed by atoms with van der Waals surface area (Å²) in [4.78, 5) is 0. The molecule has 11 heavy (non-hydrogen) atoms. The summed E-state index contributed by atoms with van der Waals surface area (Å²) in [7, 11) is 0. The van der Waals surface area contributed by atoms with Crippen molar-refractivity contribution in [1.82, 2.24) is 0 Å². The average molecular weight is 152 g/mol. The molecule has 0 heteroatoms. The van der Waals surface area contributed by atoms with E-state index in [4.69, 9.17) is 0 Å². The molecule has 2 saturated carbocycles. The Bertz CT molecular complexity index is 159. The van der Waals surface area contributed by atoms with Crippen molar-refractivity contribution in [2.24, 2.45) is 23.2 Å². The predicted molar refractivity (Wildman–Crippen MR) is 48.4 cm³/mol. The lowest BCUT2D eigenvalue weighted by Crippen LogP contribution is -2.29. The molecule has 0 radical (unpaired) electrons. The Kier molecular flexibility index (Phi) is 1.56. The first-order valence-corrected chi connectivity index (χ1v) is 5.13. The summed E-state index contributed by atoms with van der Waals surface area (Å²) in [6, 6.07) is 0. The third-order valence-corrected chi connectivity index (χ3v) is 4.52. The summed E-state index contributed by atoms with van der Waals surface area (Å²) in [6.07, 6.45) is 6.14.